The third kappa shape index (κ3) is 2.21. The Bertz CT molecular complexity index is 796. The highest BCUT2D eigenvalue weighted by atomic mass is 16.5. The first-order valence-electron chi connectivity index (χ1n) is 6.83. The van der Waals surface area contributed by atoms with Gasteiger partial charge in [0.05, 0.1) is 25.3 Å². The first-order valence-corrected chi connectivity index (χ1v) is 6.83. The van der Waals surface area contributed by atoms with Gasteiger partial charge in [0.15, 0.2) is 0 Å². The predicted octanol–water partition coefficient (Wildman–Crippen LogP) is 4.23. The number of benzene rings is 2. The van der Waals surface area contributed by atoms with Crippen LogP contribution >= 0.6 is 0 Å². The third-order valence-electron chi connectivity index (χ3n) is 3.62. The molecule has 0 aliphatic heterocycles. The van der Waals surface area contributed by atoms with Gasteiger partial charge in [-0.3, -0.25) is 0 Å². The first-order chi connectivity index (χ1) is 10.3. The molecule has 0 amide bonds. The Morgan fingerprint density at radius 2 is 1.57 bits per heavy atom. The Hall–Kier alpha value is -2.55. The van der Waals surface area contributed by atoms with Crippen LogP contribution in [-0.4, -0.2) is 19.2 Å². The molecule has 1 heterocycles. The van der Waals surface area contributed by atoms with Gasteiger partial charge < -0.3 is 9.47 Å². The van der Waals surface area contributed by atoms with Crippen molar-refractivity contribution in [2.75, 3.05) is 14.2 Å². The lowest BCUT2D eigenvalue weighted by Gasteiger charge is -2.16. The minimum atomic E-state index is 0.583. The van der Waals surface area contributed by atoms with E-state index >= 15 is 0 Å². The normalized spacial score (nSPS) is 10.6. The summed E-state index contributed by atoms with van der Waals surface area (Å²) in [5.41, 5.74) is 4.00. The molecule has 3 nitrogen and oxygen atoms in total. The number of fused-ring (bicyclic) bond motifs is 1. The van der Waals surface area contributed by atoms with Crippen LogP contribution in [0.5, 0.6) is 11.6 Å². The highest BCUT2D eigenvalue weighted by Gasteiger charge is 2.19. The number of methoxy groups -OCH3 is 2. The molecular weight excluding hydrogens is 262 g/mol. The van der Waals surface area contributed by atoms with Crippen molar-refractivity contribution < 1.29 is 9.47 Å². The molecule has 2 aromatic carbocycles. The van der Waals surface area contributed by atoms with Gasteiger partial charge >= 0.3 is 0 Å². The molecule has 106 valence electrons. The summed E-state index contributed by atoms with van der Waals surface area (Å²) < 4.78 is 11.2. The van der Waals surface area contributed by atoms with Gasteiger partial charge in [-0.2, -0.15) is 0 Å². The molecule has 21 heavy (non-hydrogen) atoms. The molecule has 0 unspecified atom stereocenters. The summed E-state index contributed by atoms with van der Waals surface area (Å²) in [5, 5.41) is 0.985. The Morgan fingerprint density at radius 1 is 0.857 bits per heavy atom. The van der Waals surface area contributed by atoms with Crippen LogP contribution < -0.4 is 9.47 Å². The number of para-hydroxylation sites is 1. The van der Waals surface area contributed by atoms with Crippen molar-refractivity contribution in [3.63, 3.8) is 0 Å². The standard InChI is InChI=1S/C18H17NO2/c1-12-8-4-5-9-13(12)16-17(20-2)14-10-6-7-11-15(14)19-18(16)21-3/h4-11H,1-3H3. The van der Waals surface area contributed by atoms with Gasteiger partial charge in [0.25, 0.3) is 0 Å². The Labute approximate surface area is 124 Å². The van der Waals surface area contributed by atoms with Gasteiger partial charge in [0, 0.05) is 5.39 Å². The number of pyridine rings is 1. The lowest BCUT2D eigenvalue weighted by Crippen LogP contribution is -1.98. The summed E-state index contributed by atoms with van der Waals surface area (Å²) in [6, 6.07) is 16.1. The summed E-state index contributed by atoms with van der Waals surface area (Å²) in [4.78, 5) is 4.62. The fourth-order valence-corrected chi connectivity index (χ4v) is 2.61. The van der Waals surface area contributed by atoms with Gasteiger partial charge in [0.2, 0.25) is 5.88 Å². The second-order valence-corrected chi connectivity index (χ2v) is 4.86. The number of rotatable bonds is 3. The van der Waals surface area contributed by atoms with E-state index in [9.17, 15) is 0 Å². The van der Waals surface area contributed by atoms with E-state index in [0.29, 0.717) is 5.88 Å². The molecule has 1 aromatic heterocycles. The molecule has 0 fully saturated rings. The van der Waals surface area contributed by atoms with Crippen LogP contribution in [0.3, 0.4) is 0 Å². The van der Waals surface area contributed by atoms with Gasteiger partial charge in [-0.15, -0.1) is 0 Å². The van der Waals surface area contributed by atoms with E-state index < -0.39 is 0 Å². The van der Waals surface area contributed by atoms with Gasteiger partial charge in [-0.05, 0) is 30.2 Å². The molecule has 0 spiro atoms. The van der Waals surface area contributed by atoms with Crippen molar-refractivity contribution in [2.24, 2.45) is 0 Å². The van der Waals surface area contributed by atoms with Crippen LogP contribution in [0.2, 0.25) is 0 Å². The SMILES string of the molecule is COc1nc2ccccc2c(OC)c1-c1ccccc1C. The van der Waals surface area contributed by atoms with Crippen LogP contribution in [-0.2, 0) is 0 Å². The predicted molar refractivity (Wildman–Crippen MR) is 85.0 cm³/mol. The van der Waals surface area contributed by atoms with E-state index in [2.05, 4.69) is 24.0 Å². The fourth-order valence-electron chi connectivity index (χ4n) is 2.61. The number of nitrogens with zero attached hydrogens (tertiary/aromatic N) is 1. The Morgan fingerprint density at radius 3 is 2.29 bits per heavy atom. The largest absolute Gasteiger partial charge is 0.495 e. The average molecular weight is 279 g/mol. The summed E-state index contributed by atoms with van der Waals surface area (Å²) in [6.45, 7) is 2.07. The zero-order valence-electron chi connectivity index (χ0n) is 12.4. The smallest absolute Gasteiger partial charge is 0.225 e. The molecule has 3 heteroatoms. The second-order valence-electron chi connectivity index (χ2n) is 4.86. The summed E-state index contributed by atoms with van der Waals surface area (Å²) in [6.07, 6.45) is 0. The van der Waals surface area contributed by atoms with Crippen LogP contribution in [0.25, 0.3) is 22.0 Å². The fraction of sp³-hybridized carbons (Fsp3) is 0.167. The molecule has 0 bridgehead atoms. The van der Waals surface area contributed by atoms with E-state index in [-0.39, 0.29) is 0 Å². The second kappa shape index (κ2) is 5.44. The maximum Gasteiger partial charge on any atom is 0.225 e. The number of aryl methyl sites for hydroxylation is 1. The molecule has 0 aliphatic carbocycles. The van der Waals surface area contributed by atoms with E-state index in [0.717, 1.165) is 33.3 Å². The van der Waals surface area contributed by atoms with Crippen molar-refractivity contribution in [1.29, 1.82) is 0 Å². The van der Waals surface area contributed by atoms with Crippen molar-refractivity contribution in [3.05, 3.63) is 54.1 Å². The highest BCUT2D eigenvalue weighted by Crippen LogP contribution is 2.42. The number of hydrogen-bond acceptors (Lipinski definition) is 3. The minimum Gasteiger partial charge on any atom is -0.495 e. The van der Waals surface area contributed by atoms with Gasteiger partial charge in [-0.25, -0.2) is 4.98 Å². The monoisotopic (exact) mass is 279 g/mol. The van der Waals surface area contributed by atoms with Gasteiger partial charge in [-0.1, -0.05) is 36.4 Å². The third-order valence-corrected chi connectivity index (χ3v) is 3.62. The number of aromatic nitrogens is 1. The maximum atomic E-state index is 5.69. The van der Waals surface area contributed by atoms with Crippen LogP contribution in [0, 0.1) is 6.92 Å². The van der Waals surface area contributed by atoms with E-state index in [1.165, 1.54) is 0 Å². The first kappa shape index (κ1) is 13.4. The molecule has 0 radical (unpaired) electrons. The number of ether oxygens (including phenoxy) is 2. The summed E-state index contributed by atoms with van der Waals surface area (Å²) in [5.74, 6) is 1.38. The summed E-state index contributed by atoms with van der Waals surface area (Å²) >= 11 is 0. The minimum absolute atomic E-state index is 0.583. The van der Waals surface area contributed by atoms with E-state index in [1.807, 2.05) is 36.4 Å². The van der Waals surface area contributed by atoms with Crippen molar-refractivity contribution >= 4 is 10.9 Å². The van der Waals surface area contributed by atoms with Crippen molar-refractivity contribution in [3.8, 4) is 22.8 Å². The maximum absolute atomic E-state index is 5.69. The Balaban J connectivity index is 2.43. The average Bonchev–Trinajstić information content (AvgIpc) is 2.53. The van der Waals surface area contributed by atoms with Crippen molar-refractivity contribution in [2.45, 2.75) is 6.92 Å². The van der Waals surface area contributed by atoms with Crippen LogP contribution in [0.1, 0.15) is 5.56 Å². The van der Waals surface area contributed by atoms with E-state index in [4.69, 9.17) is 9.47 Å². The quantitative estimate of drug-likeness (QED) is 0.719. The zero-order chi connectivity index (χ0) is 14.8. The molecule has 0 aliphatic rings. The molecule has 0 saturated heterocycles. The zero-order valence-corrected chi connectivity index (χ0v) is 12.4. The van der Waals surface area contributed by atoms with Crippen molar-refractivity contribution in [1.82, 2.24) is 4.98 Å². The highest BCUT2D eigenvalue weighted by molar-refractivity contribution is 5.95. The molecule has 0 saturated carbocycles. The van der Waals surface area contributed by atoms with E-state index in [1.54, 1.807) is 14.2 Å². The van der Waals surface area contributed by atoms with Crippen LogP contribution in [0.4, 0.5) is 0 Å². The summed E-state index contributed by atoms with van der Waals surface area (Å²) in [7, 11) is 3.32. The number of hydrogen-bond donors (Lipinski definition) is 0. The molecule has 3 aromatic rings. The molecule has 0 N–H and O–H groups in total. The molecule has 0 atom stereocenters. The molecular formula is C18H17NO2. The lowest BCUT2D eigenvalue weighted by molar-refractivity contribution is 0.389. The lowest BCUT2D eigenvalue weighted by atomic mass is 9.99. The van der Waals surface area contributed by atoms with Crippen LogP contribution in [0.15, 0.2) is 48.5 Å². The Kier molecular flexibility index (Phi) is 3.48. The molecule has 3 rings (SSSR count). The van der Waals surface area contributed by atoms with Gasteiger partial charge in [0.1, 0.15) is 5.75 Å². The topological polar surface area (TPSA) is 31.4 Å².